The van der Waals surface area contributed by atoms with Crippen molar-refractivity contribution < 1.29 is 4.39 Å². The van der Waals surface area contributed by atoms with Gasteiger partial charge in [-0.1, -0.05) is 37.6 Å². The second-order valence-electron chi connectivity index (χ2n) is 7.32. The minimum absolute atomic E-state index is 0.106. The summed E-state index contributed by atoms with van der Waals surface area (Å²) in [4.78, 5) is 0. The molecule has 1 unspecified atom stereocenters. The minimum Gasteiger partial charge on any atom is -0.206 e. The summed E-state index contributed by atoms with van der Waals surface area (Å²) in [5.41, 5.74) is 4.94. The van der Waals surface area contributed by atoms with Crippen LogP contribution in [0.1, 0.15) is 80.9 Å². The molecule has 1 aromatic rings. The molecule has 1 aromatic carbocycles. The molecule has 0 radical (unpaired) electrons. The van der Waals surface area contributed by atoms with E-state index in [-0.39, 0.29) is 5.82 Å². The highest BCUT2D eigenvalue weighted by Gasteiger charge is 2.27. The summed E-state index contributed by atoms with van der Waals surface area (Å²) in [5.74, 6) is 1.26. The minimum atomic E-state index is -0.106. The molecule has 0 saturated heterocycles. The first-order valence-electron chi connectivity index (χ1n) is 9.35. The Hall–Kier alpha value is -1.37. The normalized spacial score (nSPS) is 21.1. The van der Waals surface area contributed by atoms with Crippen LogP contribution in [-0.2, 0) is 6.42 Å². The van der Waals surface area contributed by atoms with Gasteiger partial charge in [-0.15, -0.1) is 0 Å². The van der Waals surface area contributed by atoms with Gasteiger partial charge in [-0.3, -0.25) is 0 Å². The van der Waals surface area contributed by atoms with Gasteiger partial charge >= 0.3 is 0 Å². The lowest BCUT2D eigenvalue weighted by Crippen LogP contribution is -2.07. The summed E-state index contributed by atoms with van der Waals surface area (Å²) >= 11 is 0. The second-order valence-corrected chi connectivity index (χ2v) is 7.32. The summed E-state index contributed by atoms with van der Waals surface area (Å²) in [6.07, 6.45) is 15.3. The number of rotatable bonds is 7. The van der Waals surface area contributed by atoms with Crippen molar-refractivity contribution in [2.24, 2.45) is 5.92 Å². The topological polar surface area (TPSA) is 0 Å². The average molecular weight is 312 g/mol. The van der Waals surface area contributed by atoms with Crippen molar-refractivity contribution in [2.75, 3.05) is 0 Å². The number of allylic oxidation sites excluding steroid dienone is 2. The molecule has 0 spiro atoms. The third-order valence-corrected chi connectivity index (χ3v) is 5.40. The molecule has 1 atom stereocenters. The monoisotopic (exact) mass is 312 g/mol. The Morgan fingerprint density at radius 3 is 2.74 bits per heavy atom. The number of hydrogen-bond acceptors (Lipinski definition) is 0. The fourth-order valence-electron chi connectivity index (χ4n) is 3.99. The maximum Gasteiger partial charge on any atom is 0.130 e. The van der Waals surface area contributed by atoms with E-state index in [1.165, 1.54) is 62.5 Å². The lowest BCUT2D eigenvalue weighted by atomic mass is 9.84. The maximum atomic E-state index is 14.2. The van der Waals surface area contributed by atoms with E-state index >= 15 is 0 Å². The van der Waals surface area contributed by atoms with E-state index < -0.39 is 0 Å². The van der Waals surface area contributed by atoms with Crippen molar-refractivity contribution in [3.63, 3.8) is 0 Å². The Kier molecular flexibility index (Phi) is 5.35. The Morgan fingerprint density at radius 2 is 2.04 bits per heavy atom. The van der Waals surface area contributed by atoms with Crippen LogP contribution in [-0.4, -0.2) is 0 Å². The number of aryl methyl sites for hydroxylation is 1. The van der Waals surface area contributed by atoms with Gasteiger partial charge in [0.2, 0.25) is 0 Å². The molecule has 124 valence electrons. The molecule has 3 rings (SSSR count). The molecule has 2 aliphatic rings. The van der Waals surface area contributed by atoms with Crippen LogP contribution in [0.4, 0.5) is 4.39 Å². The molecule has 1 saturated carbocycles. The van der Waals surface area contributed by atoms with Crippen LogP contribution in [0.5, 0.6) is 0 Å². The molecule has 0 N–H and O–H groups in total. The number of hydrogen-bond donors (Lipinski definition) is 0. The molecule has 0 aromatic heterocycles. The average Bonchev–Trinajstić information content (AvgIpc) is 3.38. The SMILES string of the molecule is C=Cc1cc(C2CC2)c(CCC2C=C(CCC)CCC2)cc1F. The zero-order valence-electron chi connectivity index (χ0n) is 14.4. The van der Waals surface area contributed by atoms with Gasteiger partial charge in [0, 0.05) is 5.56 Å². The van der Waals surface area contributed by atoms with Gasteiger partial charge in [-0.2, -0.15) is 0 Å². The Labute approximate surface area is 140 Å². The third kappa shape index (κ3) is 4.13. The molecule has 0 heterocycles. The van der Waals surface area contributed by atoms with Gasteiger partial charge in [-0.05, 0) is 86.5 Å². The van der Waals surface area contributed by atoms with Crippen LogP contribution in [0.15, 0.2) is 30.4 Å². The smallest absolute Gasteiger partial charge is 0.130 e. The highest BCUT2D eigenvalue weighted by molar-refractivity contribution is 5.52. The number of benzene rings is 1. The van der Waals surface area contributed by atoms with Crippen molar-refractivity contribution in [3.8, 4) is 0 Å². The van der Waals surface area contributed by atoms with Gasteiger partial charge in [0.25, 0.3) is 0 Å². The van der Waals surface area contributed by atoms with Crippen molar-refractivity contribution in [1.29, 1.82) is 0 Å². The molecule has 1 heteroatoms. The van der Waals surface area contributed by atoms with Gasteiger partial charge in [0.1, 0.15) is 5.82 Å². The third-order valence-electron chi connectivity index (χ3n) is 5.40. The zero-order valence-corrected chi connectivity index (χ0v) is 14.4. The molecule has 0 amide bonds. The van der Waals surface area contributed by atoms with Crippen LogP contribution in [0.25, 0.3) is 6.08 Å². The van der Waals surface area contributed by atoms with Gasteiger partial charge in [0.05, 0.1) is 0 Å². The van der Waals surface area contributed by atoms with Crippen LogP contribution in [0, 0.1) is 11.7 Å². The molecular weight excluding hydrogens is 283 g/mol. The zero-order chi connectivity index (χ0) is 16.2. The first-order chi connectivity index (χ1) is 11.2. The van der Waals surface area contributed by atoms with Gasteiger partial charge < -0.3 is 0 Å². The van der Waals surface area contributed by atoms with E-state index in [0.717, 1.165) is 6.42 Å². The summed E-state index contributed by atoms with van der Waals surface area (Å²) in [6.45, 7) is 6.00. The van der Waals surface area contributed by atoms with Crippen LogP contribution in [0.3, 0.4) is 0 Å². The van der Waals surface area contributed by atoms with Crippen molar-refractivity contribution in [3.05, 3.63) is 52.9 Å². The van der Waals surface area contributed by atoms with Crippen LogP contribution in [0.2, 0.25) is 0 Å². The highest BCUT2D eigenvalue weighted by atomic mass is 19.1. The first kappa shape index (κ1) is 16.5. The fraction of sp³-hybridized carbons (Fsp3) is 0.545. The summed E-state index contributed by atoms with van der Waals surface area (Å²) in [5, 5.41) is 0. The van der Waals surface area contributed by atoms with Gasteiger partial charge in [-0.25, -0.2) is 4.39 Å². The Balaban J connectivity index is 1.71. The van der Waals surface area contributed by atoms with E-state index in [0.29, 0.717) is 17.4 Å². The first-order valence-corrected chi connectivity index (χ1v) is 9.35. The van der Waals surface area contributed by atoms with Crippen molar-refractivity contribution in [2.45, 2.75) is 70.6 Å². The lowest BCUT2D eigenvalue weighted by Gasteiger charge is -2.22. The Bertz CT molecular complexity index is 592. The molecule has 0 aliphatic heterocycles. The molecule has 1 fully saturated rings. The lowest BCUT2D eigenvalue weighted by molar-refractivity contribution is 0.486. The van der Waals surface area contributed by atoms with E-state index in [9.17, 15) is 4.39 Å². The molecular formula is C22H29F. The molecule has 2 aliphatic carbocycles. The number of halogens is 1. The predicted molar refractivity (Wildman–Crippen MR) is 97.1 cm³/mol. The second kappa shape index (κ2) is 7.47. The maximum absolute atomic E-state index is 14.2. The standard InChI is InChI=1S/C22H29F/c1-3-6-16-7-5-8-17(13-16)9-10-20-15-22(23)18(4-2)14-21(20)19-11-12-19/h4,13-15,17,19H,2-3,5-12H2,1H3. The van der Waals surface area contributed by atoms with Crippen LogP contribution >= 0.6 is 0 Å². The summed E-state index contributed by atoms with van der Waals surface area (Å²) in [7, 11) is 0. The molecule has 23 heavy (non-hydrogen) atoms. The van der Waals surface area contributed by atoms with E-state index in [1.807, 2.05) is 0 Å². The largest absolute Gasteiger partial charge is 0.206 e. The fourth-order valence-corrected chi connectivity index (χ4v) is 3.99. The summed E-state index contributed by atoms with van der Waals surface area (Å²) in [6, 6.07) is 3.83. The van der Waals surface area contributed by atoms with Gasteiger partial charge in [0.15, 0.2) is 0 Å². The molecule has 0 nitrogen and oxygen atoms in total. The highest BCUT2D eigenvalue weighted by Crippen LogP contribution is 2.43. The predicted octanol–water partition coefficient (Wildman–Crippen LogP) is 6.81. The van der Waals surface area contributed by atoms with E-state index in [1.54, 1.807) is 17.7 Å². The van der Waals surface area contributed by atoms with Crippen LogP contribution < -0.4 is 0 Å². The molecule has 0 bridgehead atoms. The van der Waals surface area contributed by atoms with E-state index in [2.05, 4.69) is 25.6 Å². The van der Waals surface area contributed by atoms with Crippen molar-refractivity contribution >= 4 is 6.08 Å². The Morgan fingerprint density at radius 1 is 1.22 bits per heavy atom. The van der Waals surface area contributed by atoms with E-state index in [4.69, 9.17) is 0 Å². The quantitative estimate of drug-likeness (QED) is 0.485. The van der Waals surface area contributed by atoms with Crippen molar-refractivity contribution in [1.82, 2.24) is 0 Å². The summed E-state index contributed by atoms with van der Waals surface area (Å²) < 4.78 is 14.2.